The molecule has 2 heterocycles. The van der Waals surface area contributed by atoms with Crippen LogP contribution in [-0.4, -0.2) is 48.5 Å². The van der Waals surface area contributed by atoms with E-state index >= 15 is 0 Å². The van der Waals surface area contributed by atoms with Gasteiger partial charge >= 0.3 is 0 Å². The van der Waals surface area contributed by atoms with Crippen LogP contribution in [0.4, 0.5) is 10.1 Å². The van der Waals surface area contributed by atoms with E-state index in [0.717, 1.165) is 41.0 Å². The normalized spacial score (nSPS) is 13.9. The molecule has 0 spiro atoms. The quantitative estimate of drug-likeness (QED) is 0.512. The van der Waals surface area contributed by atoms with Crippen molar-refractivity contribution in [3.05, 3.63) is 65.6 Å². The third-order valence-electron chi connectivity index (χ3n) is 6.21. The van der Waals surface area contributed by atoms with Crippen molar-refractivity contribution in [2.45, 2.75) is 37.5 Å². The second kappa shape index (κ2) is 9.68. The highest BCUT2D eigenvalue weighted by Gasteiger charge is 2.25. The number of fused-ring (bicyclic) bond motifs is 1. The van der Waals surface area contributed by atoms with Gasteiger partial charge in [0.05, 0.1) is 16.3 Å². The number of amides is 1. The summed E-state index contributed by atoms with van der Waals surface area (Å²) in [5, 5.41) is 4.50. The number of carbonyl (C=O) groups is 1. The van der Waals surface area contributed by atoms with E-state index in [0.29, 0.717) is 25.9 Å². The van der Waals surface area contributed by atoms with Crippen LogP contribution in [0, 0.1) is 5.82 Å². The Morgan fingerprint density at radius 2 is 1.97 bits per heavy atom. The molecule has 0 saturated heterocycles. The lowest BCUT2D eigenvalue weighted by Crippen LogP contribution is -2.34. The van der Waals surface area contributed by atoms with Gasteiger partial charge < -0.3 is 4.90 Å². The van der Waals surface area contributed by atoms with Crippen LogP contribution in [0.1, 0.15) is 31.0 Å². The maximum Gasteiger partial charge on any atom is 0.242 e. The summed E-state index contributed by atoms with van der Waals surface area (Å²) in [5.74, 6) is -0.341. The van der Waals surface area contributed by atoms with Crippen LogP contribution in [0.3, 0.4) is 0 Å². The Kier molecular flexibility index (Phi) is 6.86. The molecule has 180 valence electrons. The monoisotopic (exact) mass is 484 g/mol. The number of rotatable bonds is 7. The van der Waals surface area contributed by atoms with E-state index in [9.17, 15) is 17.6 Å². The van der Waals surface area contributed by atoms with Gasteiger partial charge in [0, 0.05) is 45.4 Å². The van der Waals surface area contributed by atoms with Crippen molar-refractivity contribution in [3.8, 4) is 11.3 Å². The molecule has 7 nitrogen and oxygen atoms in total. The minimum atomic E-state index is -3.65. The van der Waals surface area contributed by atoms with Crippen molar-refractivity contribution in [2.24, 2.45) is 7.05 Å². The molecule has 9 heteroatoms. The molecule has 34 heavy (non-hydrogen) atoms. The summed E-state index contributed by atoms with van der Waals surface area (Å²) >= 11 is 0. The number of aromatic nitrogens is 2. The lowest BCUT2D eigenvalue weighted by atomic mass is 10.0. The van der Waals surface area contributed by atoms with Gasteiger partial charge in [0.25, 0.3) is 0 Å². The molecule has 0 radical (unpaired) electrons. The Labute approximate surface area is 199 Å². The fourth-order valence-corrected chi connectivity index (χ4v) is 5.67. The number of nitrogens with zero attached hydrogens (tertiary/aromatic N) is 4. The highest BCUT2D eigenvalue weighted by atomic mass is 32.2. The van der Waals surface area contributed by atoms with Gasteiger partial charge in [-0.3, -0.25) is 9.48 Å². The molecule has 0 unspecified atom stereocenters. The smallest absolute Gasteiger partial charge is 0.242 e. The van der Waals surface area contributed by atoms with Crippen molar-refractivity contribution in [3.63, 3.8) is 0 Å². The van der Waals surface area contributed by atoms with Crippen molar-refractivity contribution >= 4 is 21.6 Å². The van der Waals surface area contributed by atoms with Crippen LogP contribution < -0.4 is 4.90 Å². The Morgan fingerprint density at radius 1 is 1.18 bits per heavy atom. The zero-order chi connectivity index (χ0) is 24.5. The number of hydrogen-bond acceptors (Lipinski definition) is 4. The second-order valence-electron chi connectivity index (χ2n) is 8.65. The first kappa shape index (κ1) is 24.1. The Hall–Kier alpha value is -3.04. The van der Waals surface area contributed by atoms with E-state index in [1.165, 1.54) is 23.4 Å². The van der Waals surface area contributed by atoms with E-state index in [1.54, 1.807) is 40.9 Å². The van der Waals surface area contributed by atoms with Gasteiger partial charge in [0.1, 0.15) is 5.82 Å². The second-order valence-corrected chi connectivity index (χ2v) is 10.7. The van der Waals surface area contributed by atoms with Gasteiger partial charge in [0.2, 0.25) is 15.9 Å². The molecule has 0 atom stereocenters. The summed E-state index contributed by atoms with van der Waals surface area (Å²) in [6.07, 6.45) is 2.76. The molecule has 0 fully saturated rings. The van der Waals surface area contributed by atoms with Crippen molar-refractivity contribution in [1.29, 1.82) is 0 Å². The zero-order valence-electron chi connectivity index (χ0n) is 19.7. The summed E-state index contributed by atoms with van der Waals surface area (Å²) < 4.78 is 42.9. The standard InChI is InChI=1S/C25H29FN4O3S/c1-18(31)30-14-5-8-20-16-23(11-12-24(20)30)34(32,33)28(2)13-6-10-22-17-25(29(3)27-22)19-7-4-9-21(26)15-19/h4,7,9,11-12,15-17H,5-6,8,10,13-14H2,1-3H3. The zero-order valence-corrected chi connectivity index (χ0v) is 20.5. The van der Waals surface area contributed by atoms with Gasteiger partial charge in [-0.05, 0) is 67.6 Å². The first-order valence-electron chi connectivity index (χ1n) is 11.3. The summed E-state index contributed by atoms with van der Waals surface area (Å²) in [6.45, 7) is 2.52. The van der Waals surface area contributed by atoms with Crippen LogP contribution in [0.2, 0.25) is 0 Å². The topological polar surface area (TPSA) is 75.5 Å². The Balaban J connectivity index is 1.42. The summed E-state index contributed by atoms with van der Waals surface area (Å²) in [7, 11) is -0.267. The van der Waals surface area contributed by atoms with E-state index in [-0.39, 0.29) is 16.6 Å². The maximum atomic E-state index is 13.6. The molecule has 0 aliphatic carbocycles. The maximum absolute atomic E-state index is 13.6. The molecule has 0 N–H and O–H groups in total. The number of hydrogen-bond donors (Lipinski definition) is 0. The average molecular weight is 485 g/mol. The summed E-state index contributed by atoms with van der Waals surface area (Å²) in [4.78, 5) is 13.8. The molecule has 1 aliphatic rings. The van der Waals surface area contributed by atoms with Crippen LogP contribution in [0.15, 0.2) is 53.4 Å². The van der Waals surface area contributed by atoms with Crippen molar-refractivity contribution < 1.29 is 17.6 Å². The minimum absolute atomic E-state index is 0.0382. The van der Waals surface area contributed by atoms with Crippen LogP contribution in [0.5, 0.6) is 0 Å². The molecule has 1 aromatic heterocycles. The SMILES string of the molecule is CC(=O)N1CCCc2cc(S(=O)(=O)N(C)CCCc3cc(-c4cccc(F)c4)n(C)n3)ccc21. The first-order valence-corrected chi connectivity index (χ1v) is 12.8. The minimum Gasteiger partial charge on any atom is -0.312 e. The molecule has 4 rings (SSSR count). The molecular formula is C25H29FN4O3S. The lowest BCUT2D eigenvalue weighted by molar-refractivity contribution is -0.116. The predicted molar refractivity (Wildman–Crippen MR) is 130 cm³/mol. The molecular weight excluding hydrogens is 455 g/mol. The van der Waals surface area contributed by atoms with Crippen LogP contribution >= 0.6 is 0 Å². The number of benzene rings is 2. The van der Waals surface area contributed by atoms with E-state index in [2.05, 4.69) is 5.10 Å². The third kappa shape index (κ3) is 4.90. The number of anilines is 1. The molecule has 3 aromatic rings. The van der Waals surface area contributed by atoms with Crippen LogP contribution in [-0.2, 0) is 34.7 Å². The predicted octanol–water partition coefficient (Wildman–Crippen LogP) is 3.78. The Bertz CT molecular complexity index is 1320. The van der Waals surface area contributed by atoms with E-state index < -0.39 is 10.0 Å². The Morgan fingerprint density at radius 3 is 2.71 bits per heavy atom. The van der Waals surface area contributed by atoms with Crippen molar-refractivity contribution in [2.75, 3.05) is 25.0 Å². The highest BCUT2D eigenvalue weighted by molar-refractivity contribution is 7.89. The molecule has 1 aliphatic heterocycles. The van der Waals surface area contributed by atoms with Gasteiger partial charge in [-0.25, -0.2) is 17.1 Å². The largest absolute Gasteiger partial charge is 0.312 e. The number of carbonyl (C=O) groups excluding carboxylic acids is 1. The third-order valence-corrected chi connectivity index (χ3v) is 8.07. The highest BCUT2D eigenvalue weighted by Crippen LogP contribution is 2.30. The van der Waals surface area contributed by atoms with E-state index in [1.807, 2.05) is 19.2 Å². The lowest BCUT2D eigenvalue weighted by Gasteiger charge is -2.29. The number of aryl methyl sites for hydroxylation is 3. The number of halogens is 1. The molecule has 1 amide bonds. The fraction of sp³-hybridized carbons (Fsp3) is 0.360. The van der Waals surface area contributed by atoms with Crippen molar-refractivity contribution in [1.82, 2.24) is 14.1 Å². The van der Waals surface area contributed by atoms with Gasteiger partial charge in [-0.15, -0.1) is 0 Å². The summed E-state index contributed by atoms with van der Waals surface area (Å²) in [6, 6.07) is 13.3. The van der Waals surface area contributed by atoms with Gasteiger partial charge in [-0.1, -0.05) is 12.1 Å². The molecule has 0 saturated carbocycles. The summed E-state index contributed by atoms with van der Waals surface area (Å²) in [5.41, 5.74) is 4.06. The first-order chi connectivity index (χ1) is 16.2. The number of sulfonamides is 1. The molecule has 0 bridgehead atoms. The van der Waals surface area contributed by atoms with E-state index in [4.69, 9.17) is 0 Å². The average Bonchev–Trinajstić information content (AvgIpc) is 3.18. The fourth-order valence-electron chi connectivity index (χ4n) is 4.41. The molecule has 2 aromatic carbocycles. The van der Waals surface area contributed by atoms with Gasteiger partial charge in [-0.2, -0.15) is 5.10 Å². The van der Waals surface area contributed by atoms with Crippen LogP contribution in [0.25, 0.3) is 11.3 Å². The van der Waals surface area contributed by atoms with Gasteiger partial charge in [0.15, 0.2) is 0 Å².